The van der Waals surface area contributed by atoms with E-state index in [1.807, 2.05) is 0 Å². The second kappa shape index (κ2) is 9.83. The Kier molecular flexibility index (Phi) is 7.49. The van der Waals surface area contributed by atoms with Crippen LogP contribution in [0.1, 0.15) is 36.1 Å². The molecule has 1 N–H and O–H groups in total. The van der Waals surface area contributed by atoms with Gasteiger partial charge < -0.3 is 4.84 Å². The third-order valence-electron chi connectivity index (χ3n) is 3.77. The second-order valence-electron chi connectivity index (χ2n) is 5.84. The number of benzene rings is 2. The standard InChI is InChI=1S/C20H19F3N2O4/c1-3-28-29-19(26)18(24)17-10-5-4-7-15(17)12-27-25-13(2)14-8-6-9-16(11-14)20(21,22)23/h4-11,24H,3,12H2,1-2H3/b24-18?,25-13+. The molecule has 0 aliphatic heterocycles. The highest BCUT2D eigenvalue weighted by Crippen LogP contribution is 2.29. The average Bonchev–Trinajstić information content (AvgIpc) is 2.71. The first-order valence-corrected chi connectivity index (χ1v) is 8.58. The Morgan fingerprint density at radius 1 is 1.14 bits per heavy atom. The van der Waals surface area contributed by atoms with Crippen molar-refractivity contribution in [2.75, 3.05) is 6.61 Å². The van der Waals surface area contributed by atoms with E-state index in [2.05, 4.69) is 14.9 Å². The van der Waals surface area contributed by atoms with E-state index in [9.17, 15) is 18.0 Å². The van der Waals surface area contributed by atoms with Crippen LogP contribution in [0.3, 0.4) is 0 Å². The van der Waals surface area contributed by atoms with Gasteiger partial charge in [0.15, 0.2) is 5.71 Å². The number of oxime groups is 1. The van der Waals surface area contributed by atoms with Crippen LogP contribution in [0, 0.1) is 5.41 Å². The number of rotatable bonds is 8. The molecular weight excluding hydrogens is 389 g/mol. The average molecular weight is 408 g/mol. The van der Waals surface area contributed by atoms with Gasteiger partial charge in [0.1, 0.15) is 6.61 Å². The summed E-state index contributed by atoms with van der Waals surface area (Å²) in [5.74, 6) is -0.956. The lowest BCUT2D eigenvalue weighted by molar-refractivity contribution is -0.262. The Hall–Kier alpha value is -3.20. The molecular formula is C20H19F3N2O4. The third kappa shape index (κ3) is 6.15. The van der Waals surface area contributed by atoms with Gasteiger partial charge in [-0.25, -0.2) is 4.79 Å². The Morgan fingerprint density at radius 2 is 1.86 bits per heavy atom. The van der Waals surface area contributed by atoms with Gasteiger partial charge in [-0.15, -0.1) is 0 Å². The summed E-state index contributed by atoms with van der Waals surface area (Å²) >= 11 is 0. The Balaban J connectivity index is 2.11. The van der Waals surface area contributed by atoms with Crippen molar-refractivity contribution in [3.63, 3.8) is 0 Å². The fraction of sp³-hybridized carbons (Fsp3) is 0.250. The lowest BCUT2D eigenvalue weighted by atomic mass is 10.0. The molecule has 0 spiro atoms. The fourth-order valence-electron chi connectivity index (χ4n) is 2.33. The van der Waals surface area contributed by atoms with Gasteiger partial charge in [0.2, 0.25) is 0 Å². The molecule has 154 valence electrons. The number of alkyl halides is 3. The number of nitrogens with one attached hydrogen (secondary N) is 1. The Bertz CT molecular complexity index is 911. The molecule has 0 saturated heterocycles. The molecule has 0 aliphatic carbocycles. The predicted molar refractivity (Wildman–Crippen MR) is 99.4 cm³/mol. The van der Waals surface area contributed by atoms with Gasteiger partial charge in [-0.05, 0) is 31.5 Å². The second-order valence-corrected chi connectivity index (χ2v) is 5.84. The lowest BCUT2D eigenvalue weighted by Crippen LogP contribution is -2.19. The zero-order valence-corrected chi connectivity index (χ0v) is 15.7. The summed E-state index contributed by atoms with van der Waals surface area (Å²) in [5, 5.41) is 11.8. The van der Waals surface area contributed by atoms with E-state index in [1.54, 1.807) is 25.1 Å². The Labute approximate surface area is 165 Å². The number of carbonyl (C=O) groups excluding carboxylic acids is 1. The molecule has 0 unspecified atom stereocenters. The van der Waals surface area contributed by atoms with Crippen LogP contribution in [-0.4, -0.2) is 24.0 Å². The molecule has 29 heavy (non-hydrogen) atoms. The van der Waals surface area contributed by atoms with Crippen LogP contribution in [-0.2, 0) is 32.2 Å². The van der Waals surface area contributed by atoms with Crippen molar-refractivity contribution < 1.29 is 32.6 Å². The summed E-state index contributed by atoms with van der Waals surface area (Å²) in [6.07, 6.45) is -4.45. The fourth-order valence-corrected chi connectivity index (χ4v) is 2.33. The van der Waals surface area contributed by atoms with Crippen LogP contribution in [0.4, 0.5) is 13.2 Å². The van der Waals surface area contributed by atoms with Crippen molar-refractivity contribution >= 4 is 17.4 Å². The smallest absolute Gasteiger partial charge is 0.391 e. The van der Waals surface area contributed by atoms with Crippen LogP contribution in [0.25, 0.3) is 0 Å². The van der Waals surface area contributed by atoms with E-state index in [1.165, 1.54) is 25.1 Å². The minimum atomic E-state index is -4.45. The first kappa shape index (κ1) is 22.1. The van der Waals surface area contributed by atoms with Gasteiger partial charge in [-0.2, -0.15) is 18.1 Å². The first-order chi connectivity index (χ1) is 13.7. The van der Waals surface area contributed by atoms with Crippen LogP contribution in [0.5, 0.6) is 0 Å². The summed E-state index contributed by atoms with van der Waals surface area (Å²) < 4.78 is 38.5. The molecule has 0 aromatic heterocycles. The molecule has 0 aliphatic rings. The molecule has 0 fully saturated rings. The zero-order chi connectivity index (χ0) is 21.4. The van der Waals surface area contributed by atoms with Gasteiger partial charge in [0.25, 0.3) is 0 Å². The van der Waals surface area contributed by atoms with Gasteiger partial charge in [-0.3, -0.25) is 10.3 Å². The summed E-state index contributed by atoms with van der Waals surface area (Å²) in [7, 11) is 0. The summed E-state index contributed by atoms with van der Waals surface area (Å²) in [6, 6.07) is 11.2. The van der Waals surface area contributed by atoms with Crippen molar-refractivity contribution in [2.45, 2.75) is 26.6 Å². The molecule has 0 radical (unpaired) electrons. The molecule has 9 heteroatoms. The maximum Gasteiger partial charge on any atom is 0.416 e. The van der Waals surface area contributed by atoms with Gasteiger partial charge >= 0.3 is 12.1 Å². The van der Waals surface area contributed by atoms with Gasteiger partial charge in [0.05, 0.1) is 17.9 Å². The molecule has 0 atom stereocenters. The number of nitrogens with zero attached hydrogens (tertiary/aromatic N) is 1. The molecule has 6 nitrogen and oxygen atoms in total. The van der Waals surface area contributed by atoms with E-state index in [0.29, 0.717) is 5.56 Å². The van der Waals surface area contributed by atoms with Crippen LogP contribution < -0.4 is 0 Å². The van der Waals surface area contributed by atoms with E-state index >= 15 is 0 Å². The van der Waals surface area contributed by atoms with Gasteiger partial charge in [-0.1, -0.05) is 41.6 Å². The number of halogens is 3. The largest absolute Gasteiger partial charge is 0.416 e. The van der Waals surface area contributed by atoms with Crippen LogP contribution >= 0.6 is 0 Å². The maximum atomic E-state index is 12.8. The van der Waals surface area contributed by atoms with Gasteiger partial charge in [0, 0.05) is 11.1 Å². The maximum absolute atomic E-state index is 12.8. The lowest BCUT2D eigenvalue weighted by Gasteiger charge is -2.10. The summed E-state index contributed by atoms with van der Waals surface area (Å²) in [4.78, 5) is 26.1. The number of hydrogen-bond acceptors (Lipinski definition) is 6. The molecule has 0 heterocycles. The highest BCUT2D eigenvalue weighted by molar-refractivity contribution is 6.42. The zero-order valence-electron chi connectivity index (χ0n) is 15.7. The molecule has 2 aromatic carbocycles. The van der Waals surface area contributed by atoms with E-state index in [0.717, 1.165) is 12.1 Å². The van der Waals surface area contributed by atoms with Crippen molar-refractivity contribution in [3.8, 4) is 0 Å². The first-order valence-electron chi connectivity index (χ1n) is 8.58. The predicted octanol–water partition coefficient (Wildman–Crippen LogP) is 4.51. The normalized spacial score (nSPS) is 11.8. The monoisotopic (exact) mass is 408 g/mol. The van der Waals surface area contributed by atoms with Crippen molar-refractivity contribution in [1.82, 2.24) is 0 Å². The molecule has 2 aromatic rings. The van der Waals surface area contributed by atoms with Crippen LogP contribution in [0.2, 0.25) is 0 Å². The molecule has 0 saturated carbocycles. The molecule has 2 rings (SSSR count). The quantitative estimate of drug-likeness (QED) is 0.396. The SMILES string of the molecule is CCOOC(=O)C(=N)c1ccccc1CO/N=C(\C)c1cccc(C(F)(F)F)c1. The van der Waals surface area contributed by atoms with Crippen molar-refractivity contribution in [3.05, 3.63) is 70.8 Å². The number of hydrogen-bond donors (Lipinski definition) is 1. The van der Waals surface area contributed by atoms with Crippen molar-refractivity contribution in [2.24, 2.45) is 5.16 Å². The van der Waals surface area contributed by atoms with E-state index in [-0.39, 0.29) is 30.1 Å². The third-order valence-corrected chi connectivity index (χ3v) is 3.77. The highest BCUT2D eigenvalue weighted by Gasteiger charge is 2.30. The van der Waals surface area contributed by atoms with E-state index in [4.69, 9.17) is 10.2 Å². The molecule has 0 bridgehead atoms. The van der Waals surface area contributed by atoms with Crippen LogP contribution in [0.15, 0.2) is 53.7 Å². The molecule has 0 amide bonds. The summed E-state index contributed by atoms with van der Waals surface area (Å²) in [6.45, 7) is 3.19. The Morgan fingerprint density at radius 3 is 2.55 bits per heavy atom. The number of carbonyl (C=O) groups is 1. The summed E-state index contributed by atoms with van der Waals surface area (Å²) in [5.41, 5.74) is 0.0589. The topological polar surface area (TPSA) is 81.0 Å². The highest BCUT2D eigenvalue weighted by atomic mass is 19.4. The van der Waals surface area contributed by atoms with E-state index < -0.39 is 23.4 Å². The van der Waals surface area contributed by atoms with Crippen molar-refractivity contribution in [1.29, 1.82) is 5.41 Å². The minimum Gasteiger partial charge on any atom is -0.391 e. The minimum absolute atomic E-state index is 0.100.